The van der Waals surface area contributed by atoms with Crippen molar-refractivity contribution in [1.82, 2.24) is 9.97 Å². The Morgan fingerprint density at radius 1 is 1.11 bits per heavy atom. The van der Waals surface area contributed by atoms with E-state index in [1.165, 1.54) is 12.8 Å². The summed E-state index contributed by atoms with van der Waals surface area (Å²) in [5.41, 5.74) is 5.57. The molecule has 0 aliphatic carbocycles. The second-order valence-corrected chi connectivity index (χ2v) is 4.62. The van der Waals surface area contributed by atoms with E-state index in [9.17, 15) is 0 Å². The molecule has 0 fully saturated rings. The fourth-order valence-electron chi connectivity index (χ4n) is 1.75. The fourth-order valence-corrected chi connectivity index (χ4v) is 1.75. The molecule has 0 saturated heterocycles. The highest BCUT2D eigenvalue weighted by atomic mass is 15.2. The van der Waals surface area contributed by atoms with Crippen molar-refractivity contribution < 1.29 is 0 Å². The Morgan fingerprint density at radius 3 is 2.17 bits per heavy atom. The number of hydrogen-bond acceptors (Lipinski definition) is 5. The molecule has 18 heavy (non-hydrogen) atoms. The number of anilines is 2. The van der Waals surface area contributed by atoms with E-state index >= 15 is 0 Å². The molecule has 1 aromatic heterocycles. The van der Waals surface area contributed by atoms with Crippen molar-refractivity contribution in [1.29, 1.82) is 0 Å². The highest BCUT2D eigenvalue weighted by molar-refractivity contribution is 5.50. The smallest absolute Gasteiger partial charge is 0.134 e. The van der Waals surface area contributed by atoms with Crippen molar-refractivity contribution in [2.75, 3.05) is 43.5 Å². The lowest BCUT2D eigenvalue weighted by Crippen LogP contribution is -2.27. The largest absolute Gasteiger partial charge is 0.360 e. The number of nitrogens with zero attached hydrogens (tertiary/aromatic N) is 4. The molecule has 102 valence electrons. The van der Waals surface area contributed by atoms with Crippen molar-refractivity contribution in [3.63, 3.8) is 0 Å². The zero-order valence-electron chi connectivity index (χ0n) is 12.0. The molecule has 5 heteroatoms. The molecule has 0 amide bonds. The standard InChI is InChI=1S/C13H25N5/c1-5-6-8-17(3)12-10-13(16-11(2)15-12)18(4)9-7-14/h10H,5-9,14H2,1-4H3. The van der Waals surface area contributed by atoms with Crippen LogP contribution in [0.1, 0.15) is 25.6 Å². The predicted octanol–water partition coefficient (Wildman–Crippen LogP) is 1.42. The molecule has 0 aliphatic rings. The average molecular weight is 251 g/mol. The normalized spacial score (nSPS) is 10.5. The number of aryl methyl sites for hydroxylation is 1. The van der Waals surface area contributed by atoms with Crippen LogP contribution in [0, 0.1) is 6.92 Å². The van der Waals surface area contributed by atoms with Gasteiger partial charge in [-0.15, -0.1) is 0 Å². The molecule has 1 rings (SSSR count). The van der Waals surface area contributed by atoms with Crippen LogP contribution in [-0.4, -0.2) is 43.7 Å². The first-order chi connectivity index (χ1) is 8.58. The van der Waals surface area contributed by atoms with Crippen LogP contribution in [0.5, 0.6) is 0 Å². The van der Waals surface area contributed by atoms with Crippen LogP contribution in [0.3, 0.4) is 0 Å². The Morgan fingerprint density at radius 2 is 1.67 bits per heavy atom. The van der Waals surface area contributed by atoms with Gasteiger partial charge in [-0.05, 0) is 13.3 Å². The number of hydrogen-bond donors (Lipinski definition) is 1. The lowest BCUT2D eigenvalue weighted by atomic mass is 10.3. The summed E-state index contributed by atoms with van der Waals surface area (Å²) < 4.78 is 0. The molecular weight excluding hydrogens is 226 g/mol. The van der Waals surface area contributed by atoms with Gasteiger partial charge in [-0.25, -0.2) is 9.97 Å². The molecule has 2 N–H and O–H groups in total. The summed E-state index contributed by atoms with van der Waals surface area (Å²) in [5, 5.41) is 0. The number of rotatable bonds is 7. The van der Waals surface area contributed by atoms with Gasteiger partial charge in [0.25, 0.3) is 0 Å². The maximum Gasteiger partial charge on any atom is 0.134 e. The molecule has 0 saturated carbocycles. The summed E-state index contributed by atoms with van der Waals surface area (Å²) in [5.74, 6) is 2.72. The van der Waals surface area contributed by atoms with E-state index in [0.29, 0.717) is 6.54 Å². The van der Waals surface area contributed by atoms with Gasteiger partial charge in [0.2, 0.25) is 0 Å². The zero-order chi connectivity index (χ0) is 13.5. The molecule has 0 unspecified atom stereocenters. The second kappa shape index (κ2) is 7.16. The van der Waals surface area contributed by atoms with Crippen molar-refractivity contribution in [2.24, 2.45) is 5.73 Å². The van der Waals surface area contributed by atoms with Crippen LogP contribution >= 0.6 is 0 Å². The van der Waals surface area contributed by atoms with Crippen LogP contribution in [0.25, 0.3) is 0 Å². The molecule has 0 atom stereocenters. The van der Waals surface area contributed by atoms with Gasteiger partial charge in [0.15, 0.2) is 0 Å². The minimum atomic E-state index is 0.626. The van der Waals surface area contributed by atoms with Crippen molar-refractivity contribution in [2.45, 2.75) is 26.7 Å². The van der Waals surface area contributed by atoms with Gasteiger partial charge >= 0.3 is 0 Å². The Kier molecular flexibility index (Phi) is 5.85. The summed E-state index contributed by atoms with van der Waals surface area (Å²) in [6, 6.07) is 2.03. The predicted molar refractivity (Wildman–Crippen MR) is 77.3 cm³/mol. The molecule has 0 spiro atoms. The number of nitrogens with two attached hydrogens (primary N) is 1. The Labute approximate surface area is 110 Å². The Balaban J connectivity index is 2.86. The summed E-state index contributed by atoms with van der Waals surface area (Å²) in [6.45, 7) is 6.57. The summed E-state index contributed by atoms with van der Waals surface area (Å²) >= 11 is 0. The van der Waals surface area contributed by atoms with Gasteiger partial charge in [0.05, 0.1) is 0 Å². The fraction of sp³-hybridized carbons (Fsp3) is 0.692. The molecule has 0 bridgehead atoms. The monoisotopic (exact) mass is 251 g/mol. The minimum Gasteiger partial charge on any atom is -0.360 e. The Hall–Kier alpha value is -1.36. The molecule has 1 heterocycles. The number of likely N-dealkylation sites (N-methyl/N-ethyl adjacent to an activating group) is 1. The number of aromatic nitrogens is 2. The topological polar surface area (TPSA) is 58.3 Å². The SMILES string of the molecule is CCCCN(C)c1cc(N(C)CCN)nc(C)n1. The molecule has 5 nitrogen and oxygen atoms in total. The van der Waals surface area contributed by atoms with Crippen LogP contribution in [-0.2, 0) is 0 Å². The van der Waals surface area contributed by atoms with Gasteiger partial charge in [0.1, 0.15) is 17.5 Å². The summed E-state index contributed by atoms with van der Waals surface area (Å²) in [7, 11) is 4.08. The highest BCUT2D eigenvalue weighted by Gasteiger charge is 2.08. The van der Waals surface area contributed by atoms with Gasteiger partial charge in [-0.2, -0.15) is 0 Å². The number of unbranched alkanes of at least 4 members (excludes halogenated alkanes) is 1. The second-order valence-electron chi connectivity index (χ2n) is 4.62. The summed E-state index contributed by atoms with van der Waals surface area (Å²) in [4.78, 5) is 13.2. The van der Waals surface area contributed by atoms with Crippen molar-refractivity contribution in [3.05, 3.63) is 11.9 Å². The van der Waals surface area contributed by atoms with Gasteiger partial charge in [-0.3, -0.25) is 0 Å². The van der Waals surface area contributed by atoms with E-state index in [1.54, 1.807) is 0 Å². The van der Waals surface area contributed by atoms with E-state index in [1.807, 2.05) is 20.0 Å². The summed E-state index contributed by atoms with van der Waals surface area (Å²) in [6.07, 6.45) is 2.36. The first-order valence-corrected chi connectivity index (χ1v) is 6.56. The van der Waals surface area contributed by atoms with Crippen LogP contribution in [0.4, 0.5) is 11.6 Å². The average Bonchev–Trinajstić information content (AvgIpc) is 2.35. The maximum absolute atomic E-state index is 5.57. The van der Waals surface area contributed by atoms with Gasteiger partial charge in [0, 0.05) is 39.8 Å². The third-order valence-corrected chi connectivity index (χ3v) is 2.90. The minimum absolute atomic E-state index is 0.626. The molecule has 0 aromatic carbocycles. The van der Waals surface area contributed by atoms with E-state index in [0.717, 1.165) is 30.5 Å². The third kappa shape index (κ3) is 4.14. The van der Waals surface area contributed by atoms with E-state index in [4.69, 9.17) is 5.73 Å². The van der Waals surface area contributed by atoms with Crippen molar-refractivity contribution in [3.8, 4) is 0 Å². The first kappa shape index (κ1) is 14.7. The molecule has 0 aliphatic heterocycles. The Bertz CT molecular complexity index is 366. The molecular formula is C13H25N5. The molecule has 0 radical (unpaired) electrons. The van der Waals surface area contributed by atoms with Crippen LogP contribution < -0.4 is 15.5 Å². The maximum atomic E-state index is 5.57. The quantitative estimate of drug-likeness (QED) is 0.794. The molecule has 1 aromatic rings. The lowest BCUT2D eigenvalue weighted by Gasteiger charge is -2.22. The van der Waals surface area contributed by atoms with Crippen molar-refractivity contribution >= 4 is 11.6 Å². The zero-order valence-corrected chi connectivity index (χ0v) is 12.0. The van der Waals surface area contributed by atoms with Crippen LogP contribution in [0.2, 0.25) is 0 Å². The van der Waals surface area contributed by atoms with E-state index in [-0.39, 0.29) is 0 Å². The highest BCUT2D eigenvalue weighted by Crippen LogP contribution is 2.17. The van der Waals surface area contributed by atoms with Gasteiger partial charge < -0.3 is 15.5 Å². The van der Waals surface area contributed by atoms with E-state index in [2.05, 4.69) is 33.7 Å². The van der Waals surface area contributed by atoms with E-state index < -0.39 is 0 Å². The van der Waals surface area contributed by atoms with Crippen LogP contribution in [0.15, 0.2) is 6.07 Å². The van der Waals surface area contributed by atoms with Gasteiger partial charge in [-0.1, -0.05) is 13.3 Å². The lowest BCUT2D eigenvalue weighted by molar-refractivity contribution is 0.754. The third-order valence-electron chi connectivity index (χ3n) is 2.90. The first-order valence-electron chi connectivity index (χ1n) is 6.56.